The number of alkyl halides is 4. The molecule has 1 saturated heterocycles. The molecule has 1 aliphatic rings. The second-order valence-corrected chi connectivity index (χ2v) is 6.72. The van der Waals surface area contributed by atoms with E-state index in [0.29, 0.717) is 23.5 Å². The molecule has 0 radical (unpaired) electrons. The lowest BCUT2D eigenvalue weighted by molar-refractivity contribution is -0.137. The van der Waals surface area contributed by atoms with Crippen LogP contribution in [0, 0.1) is 5.92 Å². The zero-order chi connectivity index (χ0) is 15.6. The fourth-order valence-corrected chi connectivity index (χ4v) is 3.51. The van der Waals surface area contributed by atoms with Crippen molar-refractivity contribution in [3.8, 4) is 0 Å². The number of likely N-dealkylation sites (tertiary alicyclic amines) is 1. The van der Waals surface area contributed by atoms with E-state index in [1.165, 1.54) is 6.07 Å². The van der Waals surface area contributed by atoms with Crippen molar-refractivity contribution in [1.82, 2.24) is 4.90 Å². The number of carbonyl (C=O) groups excluding carboxylic acids is 1. The smallest absolute Gasteiger partial charge is 0.338 e. The summed E-state index contributed by atoms with van der Waals surface area (Å²) in [6.07, 6.45) is -2.58. The molecular weight excluding hydrogens is 415 g/mol. The third-order valence-electron chi connectivity index (χ3n) is 3.61. The first-order valence-corrected chi connectivity index (χ1v) is 8.46. The van der Waals surface area contributed by atoms with Gasteiger partial charge in [0.2, 0.25) is 0 Å². The van der Waals surface area contributed by atoms with E-state index in [1.54, 1.807) is 4.90 Å². The lowest BCUT2D eigenvalue weighted by Crippen LogP contribution is -2.29. The topological polar surface area (TPSA) is 20.3 Å². The zero-order valence-electron chi connectivity index (χ0n) is 11.1. The van der Waals surface area contributed by atoms with Crippen molar-refractivity contribution in [2.24, 2.45) is 5.92 Å². The van der Waals surface area contributed by atoms with Crippen molar-refractivity contribution < 1.29 is 18.0 Å². The largest absolute Gasteiger partial charge is 0.416 e. The molecule has 1 heterocycles. The Hall–Kier alpha value is -0.560. The van der Waals surface area contributed by atoms with Crippen molar-refractivity contribution in [2.75, 3.05) is 18.4 Å². The van der Waals surface area contributed by atoms with E-state index >= 15 is 0 Å². The van der Waals surface area contributed by atoms with Crippen LogP contribution in [0.15, 0.2) is 22.7 Å². The Kier molecular flexibility index (Phi) is 5.35. The molecule has 1 aromatic carbocycles. The van der Waals surface area contributed by atoms with Crippen LogP contribution in [0.25, 0.3) is 0 Å². The third-order valence-corrected chi connectivity index (χ3v) is 4.76. The van der Waals surface area contributed by atoms with Gasteiger partial charge in [0.05, 0.1) is 11.1 Å². The normalized spacial score (nSPS) is 19.1. The summed E-state index contributed by atoms with van der Waals surface area (Å²) < 4.78 is 38.7. The monoisotopic (exact) mass is 427 g/mol. The number of nitrogens with zero attached hydrogens (tertiary/aromatic N) is 1. The SMILES string of the molecule is O=C(c1cc(C(F)(F)F)ccc1Br)N1CCC(CCBr)C1. The van der Waals surface area contributed by atoms with Gasteiger partial charge in [0, 0.05) is 22.9 Å². The number of benzene rings is 1. The van der Waals surface area contributed by atoms with Crippen molar-refractivity contribution in [3.05, 3.63) is 33.8 Å². The van der Waals surface area contributed by atoms with Crippen LogP contribution < -0.4 is 0 Å². The van der Waals surface area contributed by atoms with Crippen LogP contribution in [0.4, 0.5) is 13.2 Å². The van der Waals surface area contributed by atoms with Crippen molar-refractivity contribution in [3.63, 3.8) is 0 Å². The minimum atomic E-state index is -4.45. The van der Waals surface area contributed by atoms with E-state index in [9.17, 15) is 18.0 Å². The molecule has 7 heteroatoms. The van der Waals surface area contributed by atoms with Crippen LogP contribution in [-0.2, 0) is 6.18 Å². The highest BCUT2D eigenvalue weighted by atomic mass is 79.9. The Morgan fingerprint density at radius 1 is 1.38 bits per heavy atom. The van der Waals surface area contributed by atoms with Crippen molar-refractivity contribution >= 4 is 37.8 Å². The lowest BCUT2D eigenvalue weighted by atomic mass is 10.1. The van der Waals surface area contributed by atoms with E-state index in [0.717, 1.165) is 30.3 Å². The molecule has 116 valence electrons. The predicted octanol–water partition coefficient (Wildman–Crippen LogP) is 4.72. The van der Waals surface area contributed by atoms with E-state index < -0.39 is 11.7 Å². The van der Waals surface area contributed by atoms with Gasteiger partial charge < -0.3 is 4.90 Å². The highest BCUT2D eigenvalue weighted by molar-refractivity contribution is 9.10. The van der Waals surface area contributed by atoms with E-state index in [4.69, 9.17) is 0 Å². The van der Waals surface area contributed by atoms with Gasteiger partial charge in [-0.25, -0.2) is 0 Å². The first-order valence-electron chi connectivity index (χ1n) is 6.55. The lowest BCUT2D eigenvalue weighted by Gasteiger charge is -2.18. The van der Waals surface area contributed by atoms with Gasteiger partial charge in [-0.05, 0) is 52.9 Å². The van der Waals surface area contributed by atoms with Crippen LogP contribution in [-0.4, -0.2) is 29.2 Å². The Balaban J connectivity index is 2.20. The van der Waals surface area contributed by atoms with Crippen LogP contribution in [0.5, 0.6) is 0 Å². The maximum absolute atomic E-state index is 12.8. The van der Waals surface area contributed by atoms with Crippen molar-refractivity contribution in [1.29, 1.82) is 0 Å². The van der Waals surface area contributed by atoms with Crippen LogP contribution in [0.3, 0.4) is 0 Å². The zero-order valence-corrected chi connectivity index (χ0v) is 14.3. The number of amides is 1. The molecule has 0 aliphatic carbocycles. The van der Waals surface area contributed by atoms with Gasteiger partial charge in [-0.1, -0.05) is 15.9 Å². The molecule has 0 aromatic heterocycles. The standard InChI is InChI=1S/C14H14Br2F3NO/c15-5-3-9-4-6-20(8-9)13(21)11-7-10(14(17,18)19)1-2-12(11)16/h1-2,7,9H,3-6,8H2. The number of hydrogen-bond donors (Lipinski definition) is 0. The van der Waals surface area contributed by atoms with Gasteiger partial charge >= 0.3 is 6.18 Å². The predicted molar refractivity (Wildman–Crippen MR) is 81.6 cm³/mol. The molecule has 0 spiro atoms. The summed E-state index contributed by atoms with van der Waals surface area (Å²) in [6, 6.07) is 3.17. The molecule has 0 saturated carbocycles. The first-order chi connectivity index (χ1) is 9.82. The average molecular weight is 429 g/mol. The quantitative estimate of drug-likeness (QED) is 0.638. The molecule has 1 aliphatic heterocycles. The first kappa shape index (κ1) is 16.8. The molecule has 0 bridgehead atoms. The summed E-state index contributed by atoms with van der Waals surface area (Å²) >= 11 is 6.54. The minimum absolute atomic E-state index is 0.0734. The summed E-state index contributed by atoms with van der Waals surface area (Å²) in [5, 5.41) is 0.868. The Bertz CT molecular complexity index is 533. The molecule has 2 nitrogen and oxygen atoms in total. The molecule has 1 fully saturated rings. The fraction of sp³-hybridized carbons (Fsp3) is 0.500. The van der Waals surface area contributed by atoms with E-state index in [-0.39, 0.29) is 11.5 Å². The average Bonchev–Trinajstić information content (AvgIpc) is 2.86. The van der Waals surface area contributed by atoms with Crippen molar-refractivity contribution in [2.45, 2.75) is 19.0 Å². The number of halogens is 5. The third kappa shape index (κ3) is 4.00. The van der Waals surface area contributed by atoms with Gasteiger partial charge in [-0.3, -0.25) is 4.79 Å². The molecule has 0 N–H and O–H groups in total. The van der Waals surface area contributed by atoms with E-state index in [1.807, 2.05) is 0 Å². The Morgan fingerprint density at radius 2 is 2.10 bits per heavy atom. The molecule has 1 amide bonds. The van der Waals surface area contributed by atoms with Crippen LogP contribution >= 0.6 is 31.9 Å². The highest BCUT2D eigenvalue weighted by Gasteiger charge is 2.33. The highest BCUT2D eigenvalue weighted by Crippen LogP contribution is 2.33. The summed E-state index contributed by atoms with van der Waals surface area (Å²) in [7, 11) is 0. The number of hydrogen-bond acceptors (Lipinski definition) is 1. The number of carbonyl (C=O) groups is 1. The summed E-state index contributed by atoms with van der Waals surface area (Å²) in [6.45, 7) is 1.20. The molecule has 1 unspecified atom stereocenters. The minimum Gasteiger partial charge on any atom is -0.338 e. The van der Waals surface area contributed by atoms with Gasteiger partial charge in [0.25, 0.3) is 5.91 Å². The molecule has 21 heavy (non-hydrogen) atoms. The summed E-state index contributed by atoms with van der Waals surface area (Å²) in [5.41, 5.74) is -0.727. The molecular formula is C14H14Br2F3NO. The number of rotatable bonds is 3. The van der Waals surface area contributed by atoms with Gasteiger partial charge in [0.1, 0.15) is 0 Å². The van der Waals surface area contributed by atoms with Gasteiger partial charge in [-0.15, -0.1) is 0 Å². The second-order valence-electron chi connectivity index (χ2n) is 5.08. The van der Waals surface area contributed by atoms with Gasteiger partial charge in [0.15, 0.2) is 0 Å². The van der Waals surface area contributed by atoms with E-state index in [2.05, 4.69) is 31.9 Å². The molecule has 1 aromatic rings. The van der Waals surface area contributed by atoms with Gasteiger partial charge in [-0.2, -0.15) is 13.2 Å². The molecule has 2 rings (SSSR count). The maximum atomic E-state index is 12.8. The van der Waals surface area contributed by atoms with Crippen LogP contribution in [0.2, 0.25) is 0 Å². The Labute approximate surface area is 137 Å². The summed E-state index contributed by atoms with van der Waals surface area (Å²) in [5.74, 6) is 0.0722. The maximum Gasteiger partial charge on any atom is 0.416 e. The summed E-state index contributed by atoms with van der Waals surface area (Å²) in [4.78, 5) is 14.0. The second kappa shape index (κ2) is 6.69. The van der Waals surface area contributed by atoms with Crippen LogP contribution in [0.1, 0.15) is 28.8 Å². The fourth-order valence-electron chi connectivity index (χ4n) is 2.44. The molecule has 1 atom stereocenters. The Morgan fingerprint density at radius 3 is 2.71 bits per heavy atom.